The van der Waals surface area contributed by atoms with Crippen molar-refractivity contribution in [2.75, 3.05) is 5.32 Å². The first-order chi connectivity index (χ1) is 9.08. The Bertz CT molecular complexity index is 623. The van der Waals surface area contributed by atoms with Crippen LogP contribution in [-0.4, -0.2) is 22.1 Å². The van der Waals surface area contributed by atoms with E-state index in [0.717, 1.165) is 0 Å². The summed E-state index contributed by atoms with van der Waals surface area (Å²) in [6.45, 7) is 0. The zero-order chi connectivity index (χ0) is 13.8. The number of carbonyl (C=O) groups excluding carboxylic acids is 1. The van der Waals surface area contributed by atoms with Crippen molar-refractivity contribution in [1.29, 1.82) is 0 Å². The number of aromatic hydroxyl groups is 1. The van der Waals surface area contributed by atoms with Gasteiger partial charge in [-0.2, -0.15) is 0 Å². The van der Waals surface area contributed by atoms with E-state index in [0.29, 0.717) is 11.3 Å². The lowest BCUT2D eigenvalue weighted by Gasteiger charge is -2.07. The van der Waals surface area contributed by atoms with Crippen LogP contribution in [0.4, 0.5) is 5.69 Å². The molecule has 0 radical (unpaired) electrons. The second-order valence-corrected chi connectivity index (χ2v) is 3.86. The molecule has 0 spiro atoms. The van der Waals surface area contributed by atoms with Crippen molar-refractivity contribution in [3.63, 3.8) is 0 Å². The van der Waals surface area contributed by atoms with Gasteiger partial charge in [-0.05, 0) is 30.3 Å². The van der Waals surface area contributed by atoms with Crippen molar-refractivity contribution < 1.29 is 19.8 Å². The minimum atomic E-state index is -1.26. The molecule has 0 saturated carbocycles. The van der Waals surface area contributed by atoms with Crippen molar-refractivity contribution in [2.24, 2.45) is 0 Å². The van der Waals surface area contributed by atoms with Gasteiger partial charge in [-0.15, -0.1) is 0 Å². The third-order valence-corrected chi connectivity index (χ3v) is 2.52. The largest absolute Gasteiger partial charge is 0.507 e. The van der Waals surface area contributed by atoms with E-state index in [9.17, 15) is 14.7 Å². The molecule has 0 unspecified atom stereocenters. The van der Waals surface area contributed by atoms with E-state index in [1.54, 1.807) is 30.3 Å². The smallest absolute Gasteiger partial charge is 0.339 e. The van der Waals surface area contributed by atoms with Crippen molar-refractivity contribution in [1.82, 2.24) is 0 Å². The number of rotatable bonds is 3. The van der Waals surface area contributed by atoms with E-state index < -0.39 is 5.97 Å². The van der Waals surface area contributed by atoms with Gasteiger partial charge in [-0.3, -0.25) is 4.79 Å². The van der Waals surface area contributed by atoms with Crippen LogP contribution in [0.5, 0.6) is 5.75 Å². The van der Waals surface area contributed by atoms with Gasteiger partial charge in [0.15, 0.2) is 0 Å². The van der Waals surface area contributed by atoms with Crippen LogP contribution in [0.1, 0.15) is 20.7 Å². The molecule has 2 aromatic rings. The summed E-state index contributed by atoms with van der Waals surface area (Å²) in [7, 11) is 0. The molecular formula is C14H11NO4. The summed E-state index contributed by atoms with van der Waals surface area (Å²) in [5.41, 5.74) is 0.516. The van der Waals surface area contributed by atoms with E-state index in [1.807, 2.05) is 0 Å². The van der Waals surface area contributed by atoms with Crippen LogP contribution in [0.25, 0.3) is 0 Å². The van der Waals surface area contributed by atoms with Crippen LogP contribution in [0.15, 0.2) is 48.5 Å². The van der Waals surface area contributed by atoms with Crippen molar-refractivity contribution in [2.45, 2.75) is 0 Å². The summed E-state index contributed by atoms with van der Waals surface area (Å²) in [6, 6.07) is 12.4. The maximum atomic E-state index is 11.9. The fourth-order valence-electron chi connectivity index (χ4n) is 1.58. The Balaban J connectivity index is 2.23. The molecule has 96 valence electrons. The zero-order valence-corrected chi connectivity index (χ0v) is 9.83. The number of hydrogen-bond donors (Lipinski definition) is 3. The Labute approximate surface area is 109 Å². The molecule has 0 aliphatic heterocycles. The zero-order valence-electron chi connectivity index (χ0n) is 9.83. The minimum absolute atomic E-state index is 0.258. The number of carboxylic acid groups (broad SMARTS) is 1. The van der Waals surface area contributed by atoms with Gasteiger partial charge in [0.05, 0.1) is 0 Å². The van der Waals surface area contributed by atoms with Crippen LogP contribution in [-0.2, 0) is 0 Å². The SMILES string of the molecule is O=C(Nc1ccc(O)c(C(=O)O)c1)c1ccccc1. The van der Waals surface area contributed by atoms with Crippen molar-refractivity contribution in [3.8, 4) is 5.75 Å². The molecule has 19 heavy (non-hydrogen) atoms. The van der Waals surface area contributed by atoms with Crippen LogP contribution < -0.4 is 5.32 Å². The number of carbonyl (C=O) groups is 2. The number of anilines is 1. The summed E-state index contributed by atoms with van der Waals surface area (Å²) in [5, 5.41) is 20.8. The maximum absolute atomic E-state index is 11.9. The van der Waals surface area contributed by atoms with E-state index >= 15 is 0 Å². The molecule has 5 nitrogen and oxygen atoms in total. The number of aromatic carboxylic acids is 1. The number of carboxylic acids is 1. The number of phenols is 1. The van der Waals surface area contributed by atoms with Crippen LogP contribution in [0.3, 0.4) is 0 Å². The highest BCUT2D eigenvalue weighted by Gasteiger charge is 2.12. The lowest BCUT2D eigenvalue weighted by molar-refractivity contribution is 0.0693. The van der Waals surface area contributed by atoms with E-state index in [-0.39, 0.29) is 17.2 Å². The summed E-state index contributed by atoms with van der Waals surface area (Å²) in [5.74, 6) is -1.94. The Morgan fingerprint density at radius 1 is 1.00 bits per heavy atom. The fraction of sp³-hybridized carbons (Fsp3) is 0. The molecule has 0 heterocycles. The molecule has 0 atom stereocenters. The van der Waals surface area contributed by atoms with E-state index in [2.05, 4.69) is 5.32 Å². The van der Waals surface area contributed by atoms with E-state index in [4.69, 9.17) is 5.11 Å². The molecule has 0 aliphatic rings. The number of nitrogens with one attached hydrogen (secondary N) is 1. The maximum Gasteiger partial charge on any atom is 0.339 e. The molecule has 5 heteroatoms. The summed E-state index contributed by atoms with van der Waals surface area (Å²) in [4.78, 5) is 22.7. The Hall–Kier alpha value is -2.82. The number of amides is 1. The summed E-state index contributed by atoms with van der Waals surface area (Å²) < 4.78 is 0. The third-order valence-electron chi connectivity index (χ3n) is 2.52. The van der Waals surface area contributed by atoms with Gasteiger partial charge in [0.1, 0.15) is 11.3 Å². The molecule has 2 rings (SSSR count). The molecule has 0 aliphatic carbocycles. The molecule has 0 fully saturated rings. The van der Waals surface area contributed by atoms with Crippen LogP contribution in [0.2, 0.25) is 0 Å². The Morgan fingerprint density at radius 2 is 1.68 bits per heavy atom. The second-order valence-electron chi connectivity index (χ2n) is 3.86. The molecule has 3 N–H and O–H groups in total. The van der Waals surface area contributed by atoms with Gasteiger partial charge >= 0.3 is 5.97 Å². The Morgan fingerprint density at radius 3 is 2.32 bits per heavy atom. The highest BCUT2D eigenvalue weighted by Crippen LogP contribution is 2.21. The van der Waals surface area contributed by atoms with E-state index in [1.165, 1.54) is 18.2 Å². The molecule has 0 saturated heterocycles. The van der Waals surface area contributed by atoms with Crippen molar-refractivity contribution in [3.05, 3.63) is 59.7 Å². The first kappa shape index (κ1) is 12.6. The fourth-order valence-corrected chi connectivity index (χ4v) is 1.58. The predicted molar refractivity (Wildman–Crippen MR) is 69.5 cm³/mol. The predicted octanol–water partition coefficient (Wildman–Crippen LogP) is 2.34. The van der Waals surface area contributed by atoms with Gasteiger partial charge < -0.3 is 15.5 Å². The topological polar surface area (TPSA) is 86.6 Å². The number of hydrogen-bond acceptors (Lipinski definition) is 3. The van der Waals surface area contributed by atoms with Gasteiger partial charge in [-0.1, -0.05) is 18.2 Å². The first-order valence-corrected chi connectivity index (χ1v) is 5.50. The highest BCUT2D eigenvalue weighted by atomic mass is 16.4. The van der Waals surface area contributed by atoms with Gasteiger partial charge in [-0.25, -0.2) is 4.79 Å². The monoisotopic (exact) mass is 257 g/mol. The minimum Gasteiger partial charge on any atom is -0.507 e. The standard InChI is InChI=1S/C14H11NO4/c16-12-7-6-10(8-11(12)14(18)19)15-13(17)9-4-2-1-3-5-9/h1-8,16H,(H,15,17)(H,18,19). The lowest BCUT2D eigenvalue weighted by atomic mass is 10.1. The molecule has 1 amide bonds. The quantitative estimate of drug-likeness (QED) is 0.736. The van der Waals surface area contributed by atoms with Crippen LogP contribution >= 0.6 is 0 Å². The summed E-state index contributed by atoms with van der Waals surface area (Å²) >= 11 is 0. The average Bonchev–Trinajstić information content (AvgIpc) is 2.41. The molecule has 0 aromatic heterocycles. The summed E-state index contributed by atoms with van der Waals surface area (Å²) in [6.07, 6.45) is 0. The highest BCUT2D eigenvalue weighted by molar-refractivity contribution is 6.05. The normalized spacial score (nSPS) is 9.89. The molecular weight excluding hydrogens is 246 g/mol. The first-order valence-electron chi connectivity index (χ1n) is 5.50. The van der Waals surface area contributed by atoms with Crippen LogP contribution in [0, 0.1) is 0 Å². The Kier molecular flexibility index (Phi) is 3.47. The molecule has 0 bridgehead atoms. The lowest BCUT2D eigenvalue weighted by Crippen LogP contribution is -2.12. The van der Waals surface area contributed by atoms with Crippen molar-refractivity contribution >= 4 is 17.6 Å². The second kappa shape index (κ2) is 5.22. The van der Waals surface area contributed by atoms with Gasteiger partial charge in [0.25, 0.3) is 5.91 Å². The average molecular weight is 257 g/mol. The van der Waals surface area contributed by atoms with Gasteiger partial charge in [0.2, 0.25) is 0 Å². The number of benzene rings is 2. The third kappa shape index (κ3) is 2.90. The van der Waals surface area contributed by atoms with Gasteiger partial charge in [0, 0.05) is 11.3 Å². The molecule has 2 aromatic carbocycles.